The maximum atomic E-state index is 5.28. The Kier molecular flexibility index (Phi) is 3.39. The molecule has 0 spiro atoms. The molecule has 4 heteroatoms. The van der Waals surface area contributed by atoms with E-state index in [1.807, 2.05) is 0 Å². The Morgan fingerprint density at radius 1 is 1.38 bits per heavy atom. The van der Waals surface area contributed by atoms with Crippen LogP contribution < -0.4 is 0 Å². The van der Waals surface area contributed by atoms with E-state index < -0.39 is 0 Å². The lowest BCUT2D eigenvalue weighted by atomic mass is 10.9. The fraction of sp³-hybridized carbons (Fsp3) is 0. The van der Waals surface area contributed by atoms with Gasteiger partial charge in [-0.1, -0.05) is 0 Å². The summed E-state index contributed by atoms with van der Waals surface area (Å²) in [5.41, 5.74) is 0. The van der Waals surface area contributed by atoms with Gasteiger partial charge in [0.1, 0.15) is 18.8 Å². The zero-order valence-electron chi connectivity index (χ0n) is 3.93. The van der Waals surface area contributed by atoms with E-state index >= 15 is 0 Å². The molecule has 0 saturated carbocycles. The van der Waals surface area contributed by atoms with E-state index in [9.17, 15) is 0 Å². The lowest BCUT2D eigenvalue weighted by Crippen LogP contribution is -1.82. The predicted molar refractivity (Wildman–Crippen MR) is 31.0 cm³/mol. The maximum Gasteiger partial charge on any atom is 0.228 e. The SMILES string of the molecule is ClC1=COC=CO1.[Si]. The summed E-state index contributed by atoms with van der Waals surface area (Å²) >= 11 is 5.28. The lowest BCUT2D eigenvalue weighted by molar-refractivity contribution is 0.279. The topological polar surface area (TPSA) is 18.5 Å². The van der Waals surface area contributed by atoms with Crippen molar-refractivity contribution < 1.29 is 9.47 Å². The molecule has 0 aromatic heterocycles. The fourth-order valence-electron chi connectivity index (χ4n) is 0.245. The second-order valence-electron chi connectivity index (χ2n) is 0.948. The molecule has 0 aromatic carbocycles. The van der Waals surface area contributed by atoms with Crippen LogP contribution in [0.4, 0.5) is 0 Å². The van der Waals surface area contributed by atoms with Crippen molar-refractivity contribution in [3.8, 4) is 0 Å². The van der Waals surface area contributed by atoms with E-state index in [0.717, 1.165) is 0 Å². The first-order chi connectivity index (χ1) is 3.39. The molecule has 0 unspecified atom stereocenters. The lowest BCUT2D eigenvalue weighted by Gasteiger charge is -2.00. The quantitative estimate of drug-likeness (QED) is 0.478. The Labute approximate surface area is 56.8 Å². The van der Waals surface area contributed by atoms with Gasteiger partial charge in [0.15, 0.2) is 0 Å². The smallest absolute Gasteiger partial charge is 0.228 e. The summed E-state index contributed by atoms with van der Waals surface area (Å²) in [4.78, 5) is 0. The van der Waals surface area contributed by atoms with Crippen molar-refractivity contribution in [3.05, 3.63) is 24.0 Å². The van der Waals surface area contributed by atoms with Crippen molar-refractivity contribution in [2.45, 2.75) is 0 Å². The Bertz CT molecular complexity index is 121. The highest BCUT2D eigenvalue weighted by atomic mass is 35.5. The van der Waals surface area contributed by atoms with Crippen LogP contribution in [0.5, 0.6) is 0 Å². The fourth-order valence-corrected chi connectivity index (χ4v) is 0.348. The molecular weight excluding hydrogens is 144 g/mol. The number of ether oxygens (including phenoxy) is 2. The second-order valence-corrected chi connectivity index (χ2v) is 1.32. The van der Waals surface area contributed by atoms with Crippen LogP contribution in [-0.4, -0.2) is 11.0 Å². The zero-order chi connectivity index (χ0) is 5.11. The maximum absolute atomic E-state index is 5.28. The summed E-state index contributed by atoms with van der Waals surface area (Å²) in [6.45, 7) is 0. The van der Waals surface area contributed by atoms with Crippen molar-refractivity contribution in [1.82, 2.24) is 0 Å². The second kappa shape index (κ2) is 3.57. The van der Waals surface area contributed by atoms with Crippen LogP contribution in [0.15, 0.2) is 24.0 Å². The van der Waals surface area contributed by atoms with Crippen LogP contribution >= 0.6 is 11.6 Å². The average molecular weight is 147 g/mol. The van der Waals surface area contributed by atoms with Crippen molar-refractivity contribution in [2.75, 3.05) is 0 Å². The molecule has 0 fully saturated rings. The van der Waals surface area contributed by atoms with Crippen molar-refractivity contribution in [3.63, 3.8) is 0 Å². The highest BCUT2D eigenvalue weighted by Gasteiger charge is 1.91. The minimum Gasteiger partial charge on any atom is -0.465 e. The van der Waals surface area contributed by atoms with Gasteiger partial charge in [-0.15, -0.1) is 0 Å². The molecular formula is C4H3ClO2Si. The summed E-state index contributed by atoms with van der Waals surface area (Å²) in [5, 5.41) is 0.252. The molecule has 0 amide bonds. The first-order valence-electron chi connectivity index (χ1n) is 1.72. The highest BCUT2D eigenvalue weighted by Crippen LogP contribution is 2.07. The van der Waals surface area contributed by atoms with E-state index in [-0.39, 0.29) is 16.2 Å². The Balaban J connectivity index is 0.000000490. The van der Waals surface area contributed by atoms with Gasteiger partial charge in [-0.2, -0.15) is 0 Å². The third-order valence-corrected chi connectivity index (χ3v) is 0.654. The van der Waals surface area contributed by atoms with Crippen LogP contribution in [0.3, 0.4) is 0 Å². The molecule has 1 aliphatic rings. The van der Waals surface area contributed by atoms with E-state index in [1.54, 1.807) is 0 Å². The van der Waals surface area contributed by atoms with Gasteiger partial charge in [-0.05, 0) is 11.6 Å². The summed E-state index contributed by atoms with van der Waals surface area (Å²) in [6, 6.07) is 0. The molecule has 1 heterocycles. The molecule has 0 atom stereocenters. The van der Waals surface area contributed by atoms with Crippen molar-refractivity contribution in [1.29, 1.82) is 0 Å². The third-order valence-electron chi connectivity index (χ3n) is 0.475. The Hall–Kier alpha value is -0.413. The zero-order valence-corrected chi connectivity index (χ0v) is 5.68. The van der Waals surface area contributed by atoms with E-state index in [1.165, 1.54) is 18.8 Å². The Morgan fingerprint density at radius 3 is 2.38 bits per heavy atom. The molecule has 8 heavy (non-hydrogen) atoms. The highest BCUT2D eigenvalue weighted by molar-refractivity contribution is 6.28. The van der Waals surface area contributed by atoms with Gasteiger partial charge in [0.2, 0.25) is 5.22 Å². The monoisotopic (exact) mass is 146 g/mol. The largest absolute Gasteiger partial charge is 0.465 e. The molecule has 1 rings (SSSR count). The van der Waals surface area contributed by atoms with Gasteiger partial charge in [-0.3, -0.25) is 0 Å². The summed E-state index contributed by atoms with van der Waals surface area (Å²) in [7, 11) is 0. The van der Waals surface area contributed by atoms with Crippen molar-refractivity contribution >= 4 is 22.6 Å². The number of hydrogen-bond acceptors (Lipinski definition) is 2. The minimum absolute atomic E-state index is 0. The number of hydrogen-bond donors (Lipinski definition) is 0. The first-order valence-corrected chi connectivity index (χ1v) is 2.10. The molecule has 42 valence electrons. The van der Waals surface area contributed by atoms with Gasteiger partial charge in [-0.25, -0.2) is 0 Å². The van der Waals surface area contributed by atoms with Gasteiger partial charge in [0, 0.05) is 11.0 Å². The van der Waals surface area contributed by atoms with E-state index in [2.05, 4.69) is 9.47 Å². The molecule has 1 aliphatic heterocycles. The van der Waals surface area contributed by atoms with Crippen LogP contribution in [0, 0.1) is 0 Å². The molecule has 0 aromatic rings. The molecule has 0 N–H and O–H groups in total. The molecule has 0 saturated heterocycles. The van der Waals surface area contributed by atoms with E-state index in [0.29, 0.717) is 0 Å². The standard InChI is InChI=1S/C4H3ClO2.Si/c5-4-3-6-1-2-7-4;/h1-3H;. The third kappa shape index (κ3) is 2.04. The molecule has 2 nitrogen and oxygen atoms in total. The Morgan fingerprint density at radius 2 is 2.12 bits per heavy atom. The van der Waals surface area contributed by atoms with Gasteiger partial charge in [0.25, 0.3) is 0 Å². The molecule has 0 aliphatic carbocycles. The van der Waals surface area contributed by atoms with Crippen molar-refractivity contribution in [2.24, 2.45) is 0 Å². The minimum atomic E-state index is 0. The number of rotatable bonds is 0. The van der Waals surface area contributed by atoms with Gasteiger partial charge < -0.3 is 9.47 Å². The first kappa shape index (κ1) is 7.59. The van der Waals surface area contributed by atoms with Gasteiger partial charge >= 0.3 is 0 Å². The van der Waals surface area contributed by atoms with Crippen LogP contribution in [-0.2, 0) is 9.47 Å². The average Bonchev–Trinajstić information content (AvgIpc) is 1.69. The normalized spacial score (nSPS) is 14.9. The predicted octanol–water partition coefficient (Wildman–Crippen LogP) is 1.16. The van der Waals surface area contributed by atoms with Crippen LogP contribution in [0.1, 0.15) is 0 Å². The van der Waals surface area contributed by atoms with E-state index in [4.69, 9.17) is 11.6 Å². The van der Waals surface area contributed by atoms with Crippen LogP contribution in [0.25, 0.3) is 0 Å². The molecule has 4 radical (unpaired) electrons. The summed E-state index contributed by atoms with van der Waals surface area (Å²) in [5.74, 6) is 0. The summed E-state index contributed by atoms with van der Waals surface area (Å²) in [6.07, 6.45) is 4.07. The molecule has 0 bridgehead atoms. The van der Waals surface area contributed by atoms with Crippen LogP contribution in [0.2, 0.25) is 0 Å². The summed E-state index contributed by atoms with van der Waals surface area (Å²) < 4.78 is 9.18. The number of halogens is 1. The van der Waals surface area contributed by atoms with Gasteiger partial charge in [0.05, 0.1) is 0 Å².